The Morgan fingerprint density at radius 1 is 1.12 bits per heavy atom. The first-order valence-electron chi connectivity index (χ1n) is 11.7. The number of carbonyl (C=O) groups is 2. The third-order valence-electron chi connectivity index (χ3n) is 6.32. The molecule has 2 fully saturated rings. The number of nitrogens with zero attached hydrogens (tertiary/aromatic N) is 4. The minimum Gasteiger partial charge on any atom is -0.464 e. The molecule has 0 radical (unpaired) electrons. The van der Waals surface area contributed by atoms with Gasteiger partial charge in [0.25, 0.3) is 0 Å². The number of Topliss-reactive ketones (excluding diaryl/α,β-unsaturated/α-hetero) is 1. The number of allylic oxidation sites excluding steroid dienone is 1. The van der Waals surface area contributed by atoms with Crippen LogP contribution in [0.4, 0.5) is 5.95 Å². The number of thioether (sulfide) groups is 1. The number of hydrogen-bond donors (Lipinski definition) is 0. The second-order valence-electron chi connectivity index (χ2n) is 8.70. The quantitative estimate of drug-likeness (QED) is 0.351. The summed E-state index contributed by atoms with van der Waals surface area (Å²) in [6, 6.07) is 9.76. The van der Waals surface area contributed by atoms with E-state index < -0.39 is 0 Å². The number of aromatic nitrogens is 3. The maximum Gasteiger partial charge on any atom is 0.225 e. The fourth-order valence-corrected chi connectivity index (χ4v) is 5.24. The molecule has 0 spiro atoms. The molecule has 7 nitrogen and oxygen atoms in total. The number of piperidine rings is 1. The first-order chi connectivity index (χ1) is 16.6. The van der Waals surface area contributed by atoms with Crippen molar-refractivity contribution in [2.24, 2.45) is 5.92 Å². The molecule has 2 saturated heterocycles. The maximum atomic E-state index is 11.9. The molecule has 174 valence electrons. The van der Waals surface area contributed by atoms with Gasteiger partial charge in [-0.05, 0) is 86.2 Å². The molecule has 0 saturated carbocycles. The lowest BCUT2D eigenvalue weighted by Crippen LogP contribution is -2.35. The summed E-state index contributed by atoms with van der Waals surface area (Å²) in [4.78, 5) is 39.7. The van der Waals surface area contributed by atoms with Gasteiger partial charge < -0.3 is 9.32 Å². The highest BCUT2D eigenvalue weighted by Gasteiger charge is 2.26. The van der Waals surface area contributed by atoms with Crippen LogP contribution < -0.4 is 4.90 Å². The SMILES string of the molecule is O=C1CC(=O)/C(=C/c2ccnc(N3CCC(CCCc4ccc(-c5ccco5)cn4)CC3)n2)S1. The number of carbonyl (C=O) groups excluding carboxylic acids is 2. The van der Waals surface area contributed by atoms with Crippen molar-refractivity contribution in [1.29, 1.82) is 0 Å². The predicted molar refractivity (Wildman–Crippen MR) is 132 cm³/mol. The van der Waals surface area contributed by atoms with Crippen LogP contribution in [-0.2, 0) is 16.0 Å². The minimum atomic E-state index is -0.125. The van der Waals surface area contributed by atoms with Gasteiger partial charge in [-0.1, -0.05) is 0 Å². The average molecular weight is 475 g/mol. The summed E-state index contributed by atoms with van der Waals surface area (Å²) in [6.45, 7) is 1.85. The van der Waals surface area contributed by atoms with Gasteiger partial charge in [0.1, 0.15) is 5.76 Å². The molecule has 0 aromatic carbocycles. The number of ketones is 1. The first-order valence-corrected chi connectivity index (χ1v) is 12.5. The number of aryl methyl sites for hydroxylation is 1. The van der Waals surface area contributed by atoms with Crippen LogP contribution in [0.1, 0.15) is 43.5 Å². The molecule has 3 aromatic rings. The molecule has 0 atom stereocenters. The monoisotopic (exact) mass is 474 g/mol. The third kappa shape index (κ3) is 5.44. The smallest absolute Gasteiger partial charge is 0.225 e. The molecule has 2 aliphatic rings. The predicted octanol–water partition coefficient (Wildman–Crippen LogP) is 4.94. The Bertz CT molecular complexity index is 1180. The van der Waals surface area contributed by atoms with Crippen molar-refractivity contribution in [2.45, 2.75) is 38.5 Å². The molecule has 5 heterocycles. The average Bonchev–Trinajstić information content (AvgIpc) is 3.50. The fraction of sp³-hybridized carbons (Fsp3) is 0.346. The minimum absolute atomic E-state index is 0.0196. The fourth-order valence-electron chi connectivity index (χ4n) is 4.43. The van der Waals surface area contributed by atoms with E-state index in [1.165, 1.54) is 6.42 Å². The van der Waals surface area contributed by atoms with Gasteiger partial charge in [0.05, 0.1) is 23.3 Å². The van der Waals surface area contributed by atoms with Crippen molar-refractivity contribution < 1.29 is 14.0 Å². The van der Waals surface area contributed by atoms with Crippen molar-refractivity contribution in [2.75, 3.05) is 18.0 Å². The van der Waals surface area contributed by atoms with Gasteiger partial charge in [0.2, 0.25) is 11.1 Å². The van der Waals surface area contributed by atoms with Crippen LogP contribution in [0.25, 0.3) is 17.4 Å². The molecule has 8 heteroatoms. The topological polar surface area (TPSA) is 89.2 Å². The van der Waals surface area contributed by atoms with E-state index in [0.29, 0.717) is 22.5 Å². The van der Waals surface area contributed by atoms with E-state index in [0.717, 1.165) is 67.6 Å². The highest BCUT2D eigenvalue weighted by molar-refractivity contribution is 8.18. The molecule has 3 aromatic heterocycles. The van der Waals surface area contributed by atoms with Gasteiger partial charge in [0.15, 0.2) is 5.78 Å². The second kappa shape index (κ2) is 10.3. The van der Waals surface area contributed by atoms with E-state index in [2.05, 4.69) is 32.0 Å². The molecule has 0 N–H and O–H groups in total. The summed E-state index contributed by atoms with van der Waals surface area (Å²) < 4.78 is 5.42. The van der Waals surface area contributed by atoms with Crippen molar-refractivity contribution in [1.82, 2.24) is 15.0 Å². The van der Waals surface area contributed by atoms with E-state index in [4.69, 9.17) is 4.42 Å². The van der Waals surface area contributed by atoms with E-state index in [1.54, 1.807) is 24.6 Å². The summed E-state index contributed by atoms with van der Waals surface area (Å²) in [5, 5.41) is -0.103. The number of pyridine rings is 1. The molecule has 34 heavy (non-hydrogen) atoms. The first kappa shape index (κ1) is 22.5. The van der Waals surface area contributed by atoms with Gasteiger partial charge in [-0.3, -0.25) is 14.6 Å². The molecule has 2 aliphatic heterocycles. The van der Waals surface area contributed by atoms with Gasteiger partial charge in [-0.15, -0.1) is 0 Å². The number of anilines is 1. The summed E-state index contributed by atoms with van der Waals surface area (Å²) in [7, 11) is 0. The summed E-state index contributed by atoms with van der Waals surface area (Å²) in [5.41, 5.74) is 2.79. The van der Waals surface area contributed by atoms with E-state index in [1.807, 2.05) is 18.3 Å². The summed E-state index contributed by atoms with van der Waals surface area (Å²) in [5.74, 6) is 2.11. The Morgan fingerprint density at radius 3 is 2.71 bits per heavy atom. The van der Waals surface area contributed by atoms with Gasteiger partial charge in [-0.2, -0.15) is 0 Å². The number of rotatable bonds is 7. The highest BCUT2D eigenvalue weighted by atomic mass is 32.2. The van der Waals surface area contributed by atoms with E-state index in [-0.39, 0.29) is 17.3 Å². The van der Waals surface area contributed by atoms with Crippen LogP contribution >= 0.6 is 11.8 Å². The van der Waals surface area contributed by atoms with Crippen molar-refractivity contribution in [3.05, 3.63) is 65.3 Å². The van der Waals surface area contributed by atoms with Crippen LogP contribution in [0.5, 0.6) is 0 Å². The highest BCUT2D eigenvalue weighted by Crippen LogP contribution is 2.31. The Hall–Kier alpha value is -3.26. The Labute approximate surface area is 202 Å². The van der Waals surface area contributed by atoms with Crippen molar-refractivity contribution >= 4 is 34.7 Å². The van der Waals surface area contributed by atoms with E-state index in [9.17, 15) is 9.59 Å². The standard InChI is InChI=1S/C26H26N4O3S/c31-22-16-25(32)34-24(22)15-21-8-11-27-26(29-21)30-12-9-18(10-13-30)3-1-4-20-7-6-19(17-28-20)23-5-2-14-33-23/h2,5-8,11,14-15,17-18H,1,3-4,9-10,12-13,16H2/b24-15-. The molecule has 5 rings (SSSR count). The maximum absolute atomic E-state index is 11.9. The normalized spacial score (nSPS) is 18.2. The second-order valence-corrected chi connectivity index (χ2v) is 9.80. The molecule has 0 bridgehead atoms. The van der Waals surface area contributed by atoms with Crippen LogP contribution in [0.3, 0.4) is 0 Å². The molecule has 0 amide bonds. The third-order valence-corrected chi connectivity index (χ3v) is 7.26. The van der Waals surface area contributed by atoms with Crippen molar-refractivity contribution in [3.8, 4) is 11.3 Å². The molecular weight excluding hydrogens is 448 g/mol. The molecular formula is C26H26N4O3S. The van der Waals surface area contributed by atoms with Crippen LogP contribution in [0.2, 0.25) is 0 Å². The van der Waals surface area contributed by atoms with Gasteiger partial charge >= 0.3 is 0 Å². The Balaban J connectivity index is 1.09. The van der Waals surface area contributed by atoms with E-state index >= 15 is 0 Å². The lowest BCUT2D eigenvalue weighted by molar-refractivity contribution is -0.119. The van der Waals surface area contributed by atoms with Crippen LogP contribution in [0.15, 0.2) is 58.3 Å². The molecule has 0 aliphatic carbocycles. The zero-order valence-corrected chi connectivity index (χ0v) is 19.7. The lowest BCUT2D eigenvalue weighted by Gasteiger charge is -2.32. The lowest BCUT2D eigenvalue weighted by atomic mass is 9.91. The zero-order valence-electron chi connectivity index (χ0n) is 18.9. The largest absolute Gasteiger partial charge is 0.464 e. The zero-order chi connectivity index (χ0) is 23.3. The summed E-state index contributed by atoms with van der Waals surface area (Å²) in [6.07, 6.45) is 12.5. The van der Waals surface area contributed by atoms with Crippen LogP contribution in [0, 0.1) is 5.92 Å². The Morgan fingerprint density at radius 2 is 2.00 bits per heavy atom. The van der Waals surface area contributed by atoms with Crippen LogP contribution in [-0.4, -0.2) is 38.9 Å². The molecule has 0 unspecified atom stereocenters. The number of hydrogen-bond acceptors (Lipinski definition) is 8. The summed E-state index contributed by atoms with van der Waals surface area (Å²) >= 11 is 1.01. The van der Waals surface area contributed by atoms with Crippen molar-refractivity contribution in [3.63, 3.8) is 0 Å². The van der Waals surface area contributed by atoms with Gasteiger partial charge in [0, 0.05) is 36.7 Å². The van der Waals surface area contributed by atoms with Gasteiger partial charge in [-0.25, -0.2) is 9.97 Å². The number of furan rings is 1. The Kier molecular flexibility index (Phi) is 6.85.